The number of aromatic hydroxyl groups is 1. The van der Waals surface area contributed by atoms with E-state index >= 15 is 0 Å². The summed E-state index contributed by atoms with van der Waals surface area (Å²) in [4.78, 5) is 13.0. The van der Waals surface area contributed by atoms with Gasteiger partial charge < -0.3 is 5.11 Å². The number of carbonyl (C=O) groups excluding carboxylic acids is 1. The second-order valence-electron chi connectivity index (χ2n) is 4.63. The van der Waals surface area contributed by atoms with Gasteiger partial charge in [0.2, 0.25) is 0 Å². The van der Waals surface area contributed by atoms with E-state index in [1.165, 1.54) is 30.1 Å². The van der Waals surface area contributed by atoms with Gasteiger partial charge in [-0.3, -0.25) is 4.79 Å². The number of hydrazone groups is 1. The number of halogens is 2. The number of nitrogens with zero attached hydrogens (tertiary/aromatic N) is 1. The third kappa shape index (κ3) is 5.16. The van der Waals surface area contributed by atoms with Gasteiger partial charge in [0.1, 0.15) is 5.75 Å². The lowest BCUT2D eigenvalue weighted by Gasteiger charge is -2.09. The molecule has 7 heteroatoms. The maximum absolute atomic E-state index is 12.0. The number of thioether (sulfide) groups is 1. The van der Waals surface area contributed by atoms with Crippen LogP contribution in [0, 0.1) is 0 Å². The SMILES string of the molecule is C[C@@H](Sc1ccccc1)C(=O)N/N=C\c1cc(Cl)cc(Cl)c1O. The minimum absolute atomic E-state index is 0.123. The van der Waals surface area contributed by atoms with Crippen molar-refractivity contribution in [3.63, 3.8) is 0 Å². The lowest BCUT2D eigenvalue weighted by atomic mass is 10.2. The predicted octanol–water partition coefficient (Wildman–Crippen LogP) is 4.33. The van der Waals surface area contributed by atoms with Crippen LogP contribution in [0.5, 0.6) is 5.75 Å². The number of hydrogen-bond acceptors (Lipinski definition) is 4. The van der Waals surface area contributed by atoms with Crippen molar-refractivity contribution >= 4 is 47.1 Å². The minimum atomic E-state index is -0.314. The summed E-state index contributed by atoms with van der Waals surface area (Å²) >= 11 is 13.1. The molecule has 2 aromatic rings. The van der Waals surface area contributed by atoms with Gasteiger partial charge in [0, 0.05) is 15.5 Å². The zero-order valence-corrected chi connectivity index (χ0v) is 14.5. The Morgan fingerprint density at radius 1 is 1.30 bits per heavy atom. The summed E-state index contributed by atoms with van der Waals surface area (Å²) in [5.41, 5.74) is 2.75. The van der Waals surface area contributed by atoms with Crippen LogP contribution in [0.3, 0.4) is 0 Å². The van der Waals surface area contributed by atoms with E-state index in [0.29, 0.717) is 10.6 Å². The van der Waals surface area contributed by atoms with Crippen molar-refractivity contribution in [3.8, 4) is 5.75 Å². The van der Waals surface area contributed by atoms with Crippen LogP contribution in [0.15, 0.2) is 52.5 Å². The Labute approximate surface area is 148 Å². The predicted molar refractivity (Wildman–Crippen MR) is 95.6 cm³/mol. The molecule has 1 atom stereocenters. The molecule has 0 saturated carbocycles. The van der Waals surface area contributed by atoms with Crippen molar-refractivity contribution in [2.24, 2.45) is 5.10 Å². The summed E-state index contributed by atoms with van der Waals surface area (Å²) in [6.07, 6.45) is 1.30. The first kappa shape index (κ1) is 17.7. The largest absolute Gasteiger partial charge is 0.506 e. The van der Waals surface area contributed by atoms with E-state index in [2.05, 4.69) is 10.5 Å². The highest BCUT2D eigenvalue weighted by Crippen LogP contribution is 2.30. The van der Waals surface area contributed by atoms with Gasteiger partial charge >= 0.3 is 0 Å². The maximum atomic E-state index is 12.0. The van der Waals surface area contributed by atoms with E-state index in [-0.39, 0.29) is 21.9 Å². The van der Waals surface area contributed by atoms with E-state index < -0.39 is 0 Å². The fraction of sp³-hybridized carbons (Fsp3) is 0.125. The van der Waals surface area contributed by atoms with E-state index in [1.54, 1.807) is 6.92 Å². The molecule has 0 aliphatic carbocycles. The van der Waals surface area contributed by atoms with Crippen molar-refractivity contribution < 1.29 is 9.90 Å². The standard InChI is InChI=1S/C16H14Cl2N2O2S/c1-10(23-13-5-3-2-4-6-13)16(22)20-19-9-11-7-12(17)8-14(18)15(11)21/h2-10,21H,1H3,(H,20,22)/b19-9-/t10-/m1/s1. The Morgan fingerprint density at radius 3 is 2.70 bits per heavy atom. The molecule has 0 unspecified atom stereocenters. The third-order valence-corrected chi connectivity index (χ3v) is 4.48. The monoisotopic (exact) mass is 368 g/mol. The molecule has 2 N–H and O–H groups in total. The quantitative estimate of drug-likeness (QED) is 0.469. The van der Waals surface area contributed by atoms with Crippen LogP contribution < -0.4 is 5.43 Å². The zero-order chi connectivity index (χ0) is 16.8. The molecular formula is C16H14Cl2N2O2S. The molecule has 0 fully saturated rings. The van der Waals surface area contributed by atoms with Gasteiger partial charge in [0.05, 0.1) is 16.5 Å². The van der Waals surface area contributed by atoms with Gasteiger partial charge in [-0.15, -0.1) is 11.8 Å². The molecule has 0 aliphatic rings. The number of amides is 1. The number of phenols is 1. The maximum Gasteiger partial charge on any atom is 0.253 e. The Hall–Kier alpha value is -1.69. The lowest BCUT2D eigenvalue weighted by Crippen LogP contribution is -2.26. The highest BCUT2D eigenvalue weighted by molar-refractivity contribution is 8.00. The van der Waals surface area contributed by atoms with Crippen molar-refractivity contribution in [3.05, 3.63) is 58.1 Å². The van der Waals surface area contributed by atoms with Crippen molar-refractivity contribution in [2.45, 2.75) is 17.1 Å². The Balaban J connectivity index is 1.96. The fourth-order valence-corrected chi connectivity index (χ4v) is 3.09. The van der Waals surface area contributed by atoms with Gasteiger partial charge in [-0.25, -0.2) is 5.43 Å². The molecular weight excluding hydrogens is 355 g/mol. The van der Waals surface area contributed by atoms with Crippen molar-refractivity contribution in [1.82, 2.24) is 5.43 Å². The average molecular weight is 369 g/mol. The summed E-state index contributed by atoms with van der Waals surface area (Å²) in [6, 6.07) is 12.5. The van der Waals surface area contributed by atoms with Crippen molar-refractivity contribution in [2.75, 3.05) is 0 Å². The van der Waals surface area contributed by atoms with Crippen LogP contribution in [0.4, 0.5) is 0 Å². The number of benzene rings is 2. The molecule has 4 nitrogen and oxygen atoms in total. The summed E-state index contributed by atoms with van der Waals surface area (Å²) in [5, 5.41) is 13.8. The second kappa shape index (κ2) is 8.24. The van der Waals surface area contributed by atoms with E-state index in [9.17, 15) is 9.90 Å². The number of rotatable bonds is 5. The minimum Gasteiger partial charge on any atom is -0.506 e. The molecule has 120 valence electrons. The first-order chi connectivity index (χ1) is 11.0. The molecule has 0 aromatic heterocycles. The van der Waals surface area contributed by atoms with Crippen LogP contribution >= 0.6 is 35.0 Å². The number of carbonyl (C=O) groups is 1. The molecule has 0 bridgehead atoms. The molecule has 0 spiro atoms. The van der Waals surface area contributed by atoms with Crippen LogP contribution in [0.1, 0.15) is 12.5 Å². The van der Waals surface area contributed by atoms with Gasteiger partial charge in [-0.1, -0.05) is 41.4 Å². The van der Waals surface area contributed by atoms with Crippen LogP contribution in [-0.2, 0) is 4.79 Å². The Morgan fingerprint density at radius 2 is 2.00 bits per heavy atom. The summed E-state index contributed by atoms with van der Waals surface area (Å²) in [5.74, 6) is -0.386. The first-order valence-electron chi connectivity index (χ1n) is 6.70. The van der Waals surface area contributed by atoms with Gasteiger partial charge in [0.15, 0.2) is 0 Å². The lowest BCUT2D eigenvalue weighted by molar-refractivity contribution is -0.120. The highest BCUT2D eigenvalue weighted by Gasteiger charge is 2.13. The normalized spacial score (nSPS) is 12.3. The third-order valence-electron chi connectivity index (χ3n) is 2.86. The summed E-state index contributed by atoms with van der Waals surface area (Å²) in [6.45, 7) is 1.79. The topological polar surface area (TPSA) is 61.7 Å². The Bertz CT molecular complexity index is 724. The van der Waals surface area contributed by atoms with E-state index in [1.807, 2.05) is 30.3 Å². The highest BCUT2D eigenvalue weighted by atomic mass is 35.5. The van der Waals surface area contributed by atoms with Gasteiger partial charge in [0.25, 0.3) is 5.91 Å². The van der Waals surface area contributed by atoms with E-state index in [4.69, 9.17) is 23.2 Å². The Kier molecular flexibility index (Phi) is 6.33. The zero-order valence-electron chi connectivity index (χ0n) is 12.2. The molecule has 2 aromatic carbocycles. The molecule has 23 heavy (non-hydrogen) atoms. The number of nitrogens with one attached hydrogen (secondary N) is 1. The van der Waals surface area contributed by atoms with Crippen LogP contribution in [-0.4, -0.2) is 22.5 Å². The summed E-state index contributed by atoms with van der Waals surface area (Å²) in [7, 11) is 0. The average Bonchev–Trinajstić information content (AvgIpc) is 2.52. The molecule has 0 aliphatic heterocycles. The molecule has 0 heterocycles. The molecule has 1 amide bonds. The van der Waals surface area contributed by atoms with Crippen molar-refractivity contribution in [1.29, 1.82) is 0 Å². The van der Waals surface area contributed by atoms with Crippen LogP contribution in [0.2, 0.25) is 10.0 Å². The van der Waals surface area contributed by atoms with Gasteiger partial charge in [-0.2, -0.15) is 5.10 Å². The van der Waals surface area contributed by atoms with E-state index in [0.717, 1.165) is 4.90 Å². The fourth-order valence-electron chi connectivity index (χ4n) is 1.70. The number of phenolic OH excluding ortho intramolecular Hbond substituents is 1. The van der Waals surface area contributed by atoms with Crippen LogP contribution in [0.25, 0.3) is 0 Å². The molecule has 0 saturated heterocycles. The second-order valence-corrected chi connectivity index (χ2v) is 6.89. The molecule has 2 rings (SSSR count). The van der Waals surface area contributed by atoms with Gasteiger partial charge in [-0.05, 0) is 31.2 Å². The molecule has 0 radical (unpaired) electrons. The smallest absolute Gasteiger partial charge is 0.253 e. The number of hydrogen-bond donors (Lipinski definition) is 2. The summed E-state index contributed by atoms with van der Waals surface area (Å²) < 4.78 is 0. The first-order valence-corrected chi connectivity index (χ1v) is 8.33.